The molecule has 0 saturated heterocycles. The molecule has 0 atom stereocenters. The Morgan fingerprint density at radius 2 is 1.58 bits per heavy atom. The smallest absolute Gasteiger partial charge is 0.337 e. The number of benzene rings is 3. The van der Waals surface area contributed by atoms with Gasteiger partial charge in [0.05, 0.1) is 11.1 Å². The Morgan fingerprint density at radius 3 is 2.21 bits per heavy atom. The predicted octanol–water partition coefficient (Wildman–Crippen LogP) is 6.53. The number of carboxylic acid groups (broad SMARTS) is 1. The number of nitrogens with zero attached hydrogens (tertiary/aromatic N) is 2. The molecule has 0 saturated carbocycles. The van der Waals surface area contributed by atoms with Crippen LogP contribution >= 0.6 is 0 Å². The number of carboxylic acids is 1. The highest BCUT2D eigenvalue weighted by atomic mass is 16.4. The second-order valence-corrected chi connectivity index (χ2v) is 8.60. The van der Waals surface area contributed by atoms with E-state index in [2.05, 4.69) is 77.2 Å². The molecule has 5 heteroatoms. The summed E-state index contributed by atoms with van der Waals surface area (Å²) in [5, 5.41) is 9.65. The van der Waals surface area contributed by atoms with Crippen molar-refractivity contribution in [1.82, 2.24) is 14.9 Å². The van der Waals surface area contributed by atoms with Gasteiger partial charge in [-0.15, -0.1) is 0 Å². The van der Waals surface area contributed by atoms with Crippen molar-refractivity contribution >= 4 is 17.0 Å². The average molecular weight is 442 g/mol. The standard InChI is InChI=1S/C28H31N3O2/c1-4-13-31(14-5-2)18-20-7-6-8-23(15-20)21-9-11-22(12-10-21)24-16-25(28(32)33)27-26(17-24)29-19(3)30-27/h6-12,15-17H,4-5,13-14,18H2,1-3H3,(H,29,30)(H,32,33). The van der Waals surface area contributed by atoms with Gasteiger partial charge in [0.25, 0.3) is 0 Å². The van der Waals surface area contributed by atoms with Crippen molar-refractivity contribution in [3.63, 3.8) is 0 Å². The van der Waals surface area contributed by atoms with Crippen LogP contribution in [-0.2, 0) is 6.54 Å². The largest absolute Gasteiger partial charge is 0.478 e. The van der Waals surface area contributed by atoms with Crippen molar-refractivity contribution in [1.29, 1.82) is 0 Å². The van der Waals surface area contributed by atoms with Crippen molar-refractivity contribution in [2.75, 3.05) is 13.1 Å². The minimum absolute atomic E-state index is 0.215. The first-order valence-corrected chi connectivity index (χ1v) is 11.6. The maximum absolute atomic E-state index is 11.8. The lowest BCUT2D eigenvalue weighted by atomic mass is 9.97. The van der Waals surface area contributed by atoms with Gasteiger partial charge in [0.2, 0.25) is 0 Å². The van der Waals surface area contributed by atoms with Gasteiger partial charge < -0.3 is 10.1 Å². The normalized spacial score (nSPS) is 11.4. The van der Waals surface area contributed by atoms with Gasteiger partial charge in [-0.3, -0.25) is 4.90 Å². The first kappa shape index (κ1) is 22.7. The van der Waals surface area contributed by atoms with E-state index in [0.717, 1.165) is 54.7 Å². The Balaban J connectivity index is 1.61. The highest BCUT2D eigenvalue weighted by Gasteiger charge is 2.15. The maximum Gasteiger partial charge on any atom is 0.337 e. The molecule has 0 unspecified atom stereocenters. The SMILES string of the molecule is CCCN(CCC)Cc1cccc(-c2ccc(-c3cc(C(=O)O)c4nc(C)[nH]c4c3)cc2)c1. The fourth-order valence-electron chi connectivity index (χ4n) is 4.44. The summed E-state index contributed by atoms with van der Waals surface area (Å²) in [6, 6.07) is 20.7. The molecule has 0 aliphatic carbocycles. The zero-order valence-electron chi connectivity index (χ0n) is 19.6. The van der Waals surface area contributed by atoms with Gasteiger partial charge in [-0.2, -0.15) is 0 Å². The number of rotatable bonds is 9. The Bertz CT molecular complexity index is 1250. The van der Waals surface area contributed by atoms with Gasteiger partial charge in [-0.05, 0) is 78.9 Å². The number of aryl methyl sites for hydroxylation is 1. The molecule has 1 heterocycles. The summed E-state index contributed by atoms with van der Waals surface area (Å²) in [6.45, 7) is 9.49. The number of imidazole rings is 1. The third-order valence-corrected chi connectivity index (χ3v) is 5.90. The van der Waals surface area contributed by atoms with Gasteiger partial charge in [0, 0.05) is 6.54 Å². The lowest BCUT2D eigenvalue weighted by Crippen LogP contribution is -2.24. The lowest BCUT2D eigenvalue weighted by molar-refractivity contribution is 0.0699. The van der Waals surface area contributed by atoms with E-state index in [-0.39, 0.29) is 5.56 Å². The van der Waals surface area contributed by atoms with E-state index in [1.165, 1.54) is 11.1 Å². The van der Waals surface area contributed by atoms with Crippen molar-refractivity contribution in [3.8, 4) is 22.3 Å². The molecule has 0 radical (unpaired) electrons. The van der Waals surface area contributed by atoms with Crippen LogP contribution in [0.4, 0.5) is 0 Å². The molecular formula is C28H31N3O2. The fraction of sp³-hybridized carbons (Fsp3) is 0.286. The quantitative estimate of drug-likeness (QED) is 0.310. The molecule has 0 spiro atoms. The summed E-state index contributed by atoms with van der Waals surface area (Å²) < 4.78 is 0. The third kappa shape index (κ3) is 5.15. The summed E-state index contributed by atoms with van der Waals surface area (Å²) in [7, 11) is 0. The molecule has 5 nitrogen and oxygen atoms in total. The minimum Gasteiger partial charge on any atom is -0.478 e. The summed E-state index contributed by atoms with van der Waals surface area (Å²) in [4.78, 5) is 21.8. The number of aromatic amines is 1. The van der Waals surface area contributed by atoms with Crippen LogP contribution in [0, 0.1) is 6.92 Å². The van der Waals surface area contributed by atoms with E-state index in [1.54, 1.807) is 6.07 Å². The highest BCUT2D eigenvalue weighted by molar-refractivity contribution is 6.03. The van der Waals surface area contributed by atoms with Crippen molar-refractivity contribution in [2.45, 2.75) is 40.2 Å². The van der Waals surface area contributed by atoms with Crippen LogP contribution in [0.15, 0.2) is 60.7 Å². The molecule has 4 rings (SSSR count). The zero-order valence-corrected chi connectivity index (χ0v) is 19.6. The average Bonchev–Trinajstić information content (AvgIpc) is 3.19. The first-order chi connectivity index (χ1) is 16.0. The van der Waals surface area contributed by atoms with E-state index in [4.69, 9.17) is 0 Å². The Hall–Kier alpha value is -3.44. The summed E-state index contributed by atoms with van der Waals surface area (Å²) in [5.41, 5.74) is 6.95. The number of hydrogen-bond acceptors (Lipinski definition) is 3. The molecule has 3 aromatic carbocycles. The molecule has 2 N–H and O–H groups in total. The fourth-order valence-corrected chi connectivity index (χ4v) is 4.44. The molecular weight excluding hydrogens is 410 g/mol. The van der Waals surface area contributed by atoms with Crippen LogP contribution in [0.5, 0.6) is 0 Å². The number of aromatic nitrogens is 2. The summed E-state index contributed by atoms with van der Waals surface area (Å²) in [6.07, 6.45) is 2.32. The molecule has 0 bridgehead atoms. The number of aromatic carboxylic acids is 1. The van der Waals surface area contributed by atoms with Crippen LogP contribution in [-0.4, -0.2) is 39.0 Å². The van der Waals surface area contributed by atoms with E-state index >= 15 is 0 Å². The van der Waals surface area contributed by atoms with Crippen LogP contribution in [0.1, 0.15) is 48.4 Å². The van der Waals surface area contributed by atoms with E-state index in [0.29, 0.717) is 11.3 Å². The number of carbonyl (C=O) groups is 1. The Morgan fingerprint density at radius 1 is 0.909 bits per heavy atom. The van der Waals surface area contributed by atoms with Crippen molar-refractivity contribution in [3.05, 3.63) is 77.6 Å². The van der Waals surface area contributed by atoms with Crippen LogP contribution in [0.25, 0.3) is 33.3 Å². The van der Waals surface area contributed by atoms with Crippen molar-refractivity contribution in [2.24, 2.45) is 0 Å². The van der Waals surface area contributed by atoms with Gasteiger partial charge in [0.1, 0.15) is 11.3 Å². The summed E-state index contributed by atoms with van der Waals surface area (Å²) in [5.74, 6) is -0.265. The topological polar surface area (TPSA) is 69.2 Å². The second kappa shape index (κ2) is 10.0. The minimum atomic E-state index is -0.970. The van der Waals surface area contributed by atoms with E-state index in [9.17, 15) is 9.90 Å². The molecule has 0 aliphatic rings. The van der Waals surface area contributed by atoms with Crippen LogP contribution in [0.3, 0.4) is 0 Å². The number of hydrogen-bond donors (Lipinski definition) is 2. The molecule has 170 valence electrons. The number of nitrogens with one attached hydrogen (secondary N) is 1. The highest BCUT2D eigenvalue weighted by Crippen LogP contribution is 2.29. The Kier molecular flexibility index (Phi) is 6.90. The number of H-pyrrole nitrogens is 1. The number of fused-ring (bicyclic) bond motifs is 1. The first-order valence-electron chi connectivity index (χ1n) is 11.6. The van der Waals surface area contributed by atoms with Crippen molar-refractivity contribution < 1.29 is 9.90 Å². The van der Waals surface area contributed by atoms with E-state index in [1.807, 2.05) is 13.0 Å². The second-order valence-electron chi connectivity index (χ2n) is 8.60. The molecule has 1 aromatic heterocycles. The van der Waals surface area contributed by atoms with Gasteiger partial charge in [-0.25, -0.2) is 9.78 Å². The molecule has 0 amide bonds. The molecule has 4 aromatic rings. The zero-order chi connectivity index (χ0) is 23.4. The van der Waals surface area contributed by atoms with Crippen LogP contribution in [0.2, 0.25) is 0 Å². The van der Waals surface area contributed by atoms with Gasteiger partial charge in [0.15, 0.2) is 0 Å². The monoisotopic (exact) mass is 441 g/mol. The predicted molar refractivity (Wildman–Crippen MR) is 135 cm³/mol. The lowest BCUT2D eigenvalue weighted by Gasteiger charge is -2.21. The summed E-state index contributed by atoms with van der Waals surface area (Å²) >= 11 is 0. The molecule has 33 heavy (non-hydrogen) atoms. The van der Waals surface area contributed by atoms with Gasteiger partial charge in [-0.1, -0.05) is 56.3 Å². The van der Waals surface area contributed by atoms with E-state index < -0.39 is 5.97 Å². The third-order valence-electron chi connectivity index (χ3n) is 5.90. The van der Waals surface area contributed by atoms with Crippen LogP contribution < -0.4 is 0 Å². The van der Waals surface area contributed by atoms with Gasteiger partial charge >= 0.3 is 5.97 Å². The Labute approximate surface area is 195 Å². The maximum atomic E-state index is 11.8. The molecule has 0 fully saturated rings. The molecule has 0 aliphatic heterocycles.